The summed E-state index contributed by atoms with van der Waals surface area (Å²) in [5.74, 6) is -0.842. The number of ether oxygens (including phenoxy) is 1. The molecule has 2 heterocycles. The fraction of sp³-hybridized carbons (Fsp3) is 0.176. The van der Waals surface area contributed by atoms with Gasteiger partial charge in [0.1, 0.15) is 11.3 Å². The predicted octanol–water partition coefficient (Wildman–Crippen LogP) is 2.70. The van der Waals surface area contributed by atoms with Crippen molar-refractivity contribution in [2.24, 2.45) is 0 Å². The van der Waals surface area contributed by atoms with Gasteiger partial charge in [-0.2, -0.15) is 0 Å². The molecule has 0 atom stereocenters. The fourth-order valence-corrected chi connectivity index (χ4v) is 2.29. The Hall–Kier alpha value is -3.42. The zero-order valence-electron chi connectivity index (χ0n) is 13.4. The highest BCUT2D eigenvalue weighted by atomic mass is 16.5. The van der Waals surface area contributed by atoms with E-state index in [1.807, 2.05) is 6.92 Å². The second-order valence-corrected chi connectivity index (χ2v) is 5.30. The second kappa shape index (κ2) is 7.00. The monoisotopic (exact) mass is 340 g/mol. The maximum Gasteiger partial charge on any atom is 0.337 e. The molecule has 3 N–H and O–H groups in total. The van der Waals surface area contributed by atoms with E-state index in [-0.39, 0.29) is 17.0 Å². The van der Waals surface area contributed by atoms with E-state index in [9.17, 15) is 14.7 Å². The summed E-state index contributed by atoms with van der Waals surface area (Å²) in [5.41, 5.74) is 1.18. The molecule has 0 unspecified atom stereocenters. The average molecular weight is 340 g/mol. The minimum atomic E-state index is -1.08. The molecule has 8 heteroatoms. The minimum Gasteiger partial charge on any atom is -0.492 e. The van der Waals surface area contributed by atoms with Gasteiger partial charge in [-0.05, 0) is 24.6 Å². The van der Waals surface area contributed by atoms with E-state index >= 15 is 0 Å². The van der Waals surface area contributed by atoms with Gasteiger partial charge in [-0.15, -0.1) is 0 Å². The van der Waals surface area contributed by atoms with Crippen molar-refractivity contribution in [3.63, 3.8) is 0 Å². The zero-order valence-corrected chi connectivity index (χ0v) is 13.4. The van der Waals surface area contributed by atoms with Gasteiger partial charge in [0.05, 0.1) is 29.4 Å². The SMILES string of the molecule is CCCOc1cncc(C(=O)Nc2nc3c(C(=O)O)cccc3[nH]2)c1. The van der Waals surface area contributed by atoms with Crippen LogP contribution in [-0.4, -0.2) is 38.5 Å². The first-order valence-corrected chi connectivity index (χ1v) is 7.69. The molecule has 0 radical (unpaired) electrons. The van der Waals surface area contributed by atoms with E-state index in [1.165, 1.54) is 18.5 Å². The van der Waals surface area contributed by atoms with Gasteiger partial charge in [0.2, 0.25) is 5.95 Å². The fourth-order valence-electron chi connectivity index (χ4n) is 2.29. The Balaban J connectivity index is 1.82. The molecule has 128 valence electrons. The number of aromatic carboxylic acids is 1. The number of carboxylic acid groups (broad SMARTS) is 1. The number of nitrogens with one attached hydrogen (secondary N) is 2. The van der Waals surface area contributed by atoms with Crippen LogP contribution in [0.2, 0.25) is 0 Å². The van der Waals surface area contributed by atoms with Crippen molar-refractivity contribution < 1.29 is 19.4 Å². The van der Waals surface area contributed by atoms with Gasteiger partial charge < -0.3 is 14.8 Å². The number of amides is 1. The van der Waals surface area contributed by atoms with Crippen molar-refractivity contribution >= 4 is 28.9 Å². The van der Waals surface area contributed by atoms with Crippen molar-refractivity contribution in [1.29, 1.82) is 0 Å². The highest BCUT2D eigenvalue weighted by molar-refractivity contribution is 6.05. The van der Waals surface area contributed by atoms with Crippen LogP contribution >= 0.6 is 0 Å². The van der Waals surface area contributed by atoms with Crippen LogP contribution in [0.15, 0.2) is 36.7 Å². The Morgan fingerprint density at radius 3 is 2.92 bits per heavy atom. The molecule has 0 aliphatic heterocycles. The highest BCUT2D eigenvalue weighted by Crippen LogP contribution is 2.19. The van der Waals surface area contributed by atoms with Gasteiger partial charge in [-0.3, -0.25) is 15.1 Å². The molecule has 8 nitrogen and oxygen atoms in total. The maximum absolute atomic E-state index is 12.4. The molecular weight excluding hydrogens is 324 g/mol. The van der Waals surface area contributed by atoms with Gasteiger partial charge >= 0.3 is 5.97 Å². The summed E-state index contributed by atoms with van der Waals surface area (Å²) in [7, 11) is 0. The van der Waals surface area contributed by atoms with Crippen molar-refractivity contribution in [2.45, 2.75) is 13.3 Å². The quantitative estimate of drug-likeness (QED) is 0.635. The highest BCUT2D eigenvalue weighted by Gasteiger charge is 2.15. The number of carbonyl (C=O) groups excluding carboxylic acids is 1. The average Bonchev–Trinajstić information content (AvgIpc) is 3.02. The summed E-state index contributed by atoms with van der Waals surface area (Å²) in [6.07, 6.45) is 3.80. The minimum absolute atomic E-state index is 0.0610. The normalized spacial score (nSPS) is 10.6. The number of imidazole rings is 1. The first-order valence-electron chi connectivity index (χ1n) is 7.69. The smallest absolute Gasteiger partial charge is 0.337 e. The van der Waals surface area contributed by atoms with E-state index in [1.54, 1.807) is 18.2 Å². The molecule has 0 saturated heterocycles. The summed E-state index contributed by atoms with van der Waals surface area (Å²) in [5, 5.41) is 11.8. The third-order valence-electron chi connectivity index (χ3n) is 3.42. The molecule has 0 saturated carbocycles. The maximum atomic E-state index is 12.4. The number of carbonyl (C=O) groups is 2. The van der Waals surface area contributed by atoms with E-state index in [0.29, 0.717) is 23.4 Å². The molecule has 1 amide bonds. The molecule has 3 rings (SSSR count). The molecule has 0 aliphatic carbocycles. The Labute approximate surface area is 142 Å². The number of aromatic nitrogens is 3. The summed E-state index contributed by atoms with van der Waals surface area (Å²) >= 11 is 0. The molecule has 1 aromatic carbocycles. The molecule has 3 aromatic rings. The molecule has 0 fully saturated rings. The van der Waals surface area contributed by atoms with Crippen LogP contribution in [0.4, 0.5) is 5.95 Å². The van der Waals surface area contributed by atoms with E-state index < -0.39 is 11.9 Å². The lowest BCUT2D eigenvalue weighted by Crippen LogP contribution is -2.13. The van der Waals surface area contributed by atoms with Crippen LogP contribution < -0.4 is 10.1 Å². The van der Waals surface area contributed by atoms with Gasteiger partial charge in [-0.1, -0.05) is 13.0 Å². The van der Waals surface area contributed by atoms with Crippen LogP contribution in [0.5, 0.6) is 5.75 Å². The summed E-state index contributed by atoms with van der Waals surface area (Å²) < 4.78 is 5.46. The van der Waals surface area contributed by atoms with Crippen molar-refractivity contribution in [3.05, 3.63) is 47.8 Å². The van der Waals surface area contributed by atoms with Crippen LogP contribution in [0.25, 0.3) is 11.0 Å². The van der Waals surface area contributed by atoms with Crippen LogP contribution in [0, 0.1) is 0 Å². The second-order valence-electron chi connectivity index (χ2n) is 5.30. The van der Waals surface area contributed by atoms with Crippen molar-refractivity contribution in [2.75, 3.05) is 11.9 Å². The predicted molar refractivity (Wildman–Crippen MR) is 91.0 cm³/mol. The topological polar surface area (TPSA) is 117 Å². The third kappa shape index (κ3) is 3.57. The zero-order chi connectivity index (χ0) is 17.8. The number of pyridine rings is 1. The number of benzene rings is 1. The van der Waals surface area contributed by atoms with Crippen LogP contribution in [0.3, 0.4) is 0 Å². The van der Waals surface area contributed by atoms with E-state index in [0.717, 1.165) is 6.42 Å². The molecule has 2 aromatic heterocycles. The first-order chi connectivity index (χ1) is 12.1. The molecule has 0 aliphatic rings. The number of fused-ring (bicyclic) bond motifs is 1. The van der Waals surface area contributed by atoms with Gasteiger partial charge in [0.15, 0.2) is 0 Å². The number of para-hydroxylation sites is 1. The van der Waals surface area contributed by atoms with Gasteiger partial charge in [0, 0.05) is 6.20 Å². The summed E-state index contributed by atoms with van der Waals surface area (Å²) in [6.45, 7) is 2.52. The Kier molecular flexibility index (Phi) is 4.60. The Morgan fingerprint density at radius 1 is 1.32 bits per heavy atom. The number of rotatable bonds is 6. The summed E-state index contributed by atoms with van der Waals surface area (Å²) in [4.78, 5) is 34.6. The Morgan fingerprint density at radius 2 is 2.16 bits per heavy atom. The lowest BCUT2D eigenvalue weighted by atomic mass is 10.2. The molecular formula is C17H16N4O4. The summed E-state index contributed by atoms with van der Waals surface area (Å²) in [6, 6.07) is 6.33. The number of carboxylic acids is 1. The molecule has 0 spiro atoms. The third-order valence-corrected chi connectivity index (χ3v) is 3.42. The number of H-pyrrole nitrogens is 1. The number of hydrogen-bond acceptors (Lipinski definition) is 5. The van der Waals surface area contributed by atoms with Gasteiger partial charge in [-0.25, -0.2) is 9.78 Å². The lowest BCUT2D eigenvalue weighted by Gasteiger charge is -2.06. The van der Waals surface area contributed by atoms with Crippen LogP contribution in [-0.2, 0) is 0 Å². The van der Waals surface area contributed by atoms with Crippen LogP contribution in [0.1, 0.15) is 34.1 Å². The number of anilines is 1. The Bertz CT molecular complexity index is 935. The van der Waals surface area contributed by atoms with Gasteiger partial charge in [0.25, 0.3) is 5.91 Å². The largest absolute Gasteiger partial charge is 0.492 e. The number of aromatic amines is 1. The lowest BCUT2D eigenvalue weighted by molar-refractivity contribution is 0.0698. The first kappa shape index (κ1) is 16.4. The molecule has 0 bridgehead atoms. The standard InChI is InChI=1S/C17H16N4O4/c1-2-6-25-11-7-10(8-18-9-11)15(22)21-17-19-13-5-3-4-12(16(23)24)14(13)20-17/h3-5,7-9H,2,6H2,1H3,(H,23,24)(H2,19,20,21,22). The van der Waals surface area contributed by atoms with E-state index in [4.69, 9.17) is 4.74 Å². The van der Waals surface area contributed by atoms with Crippen molar-refractivity contribution in [3.8, 4) is 5.75 Å². The van der Waals surface area contributed by atoms with Crippen molar-refractivity contribution in [1.82, 2.24) is 15.0 Å². The number of hydrogen-bond donors (Lipinski definition) is 3. The molecule has 25 heavy (non-hydrogen) atoms. The van der Waals surface area contributed by atoms with E-state index in [2.05, 4.69) is 20.3 Å². The number of nitrogens with zero attached hydrogens (tertiary/aromatic N) is 2.